The number of amides is 1. The van der Waals surface area contributed by atoms with Gasteiger partial charge in [0.1, 0.15) is 11.3 Å². The van der Waals surface area contributed by atoms with Crippen LogP contribution in [-0.2, 0) is 17.5 Å². The number of hydrogen-bond acceptors (Lipinski definition) is 3. The van der Waals surface area contributed by atoms with Crippen LogP contribution in [0.4, 0.5) is 13.2 Å². The van der Waals surface area contributed by atoms with E-state index in [9.17, 15) is 18.0 Å². The highest BCUT2D eigenvalue weighted by atomic mass is 19.4. The number of nitrogens with two attached hydrogens (primary N) is 1. The van der Waals surface area contributed by atoms with Crippen LogP contribution in [0.2, 0.25) is 0 Å². The quantitative estimate of drug-likeness (QED) is 0.792. The smallest absolute Gasteiger partial charge is 0.349 e. The lowest BCUT2D eigenvalue weighted by molar-refractivity contribution is -0.136. The Bertz CT molecular complexity index is 784. The lowest BCUT2D eigenvalue weighted by Crippen LogP contribution is -2.43. The number of aromatic amines is 1. The van der Waals surface area contributed by atoms with E-state index in [2.05, 4.69) is 15.3 Å². The van der Waals surface area contributed by atoms with Gasteiger partial charge in [0.25, 0.3) is 0 Å². The molecule has 0 unspecified atom stereocenters. The first kappa shape index (κ1) is 17.7. The lowest BCUT2D eigenvalue weighted by Gasteiger charge is -2.27. The third kappa shape index (κ3) is 3.78. The number of hydrogen-bond donors (Lipinski definition) is 3. The number of benzene rings is 1. The van der Waals surface area contributed by atoms with E-state index in [4.69, 9.17) is 5.73 Å². The number of halogens is 3. The SMILES string of the molecule is Cc1cc(C(F)(F)F)c2nc(CNC(=O)[C@H]3CCCC[C@H]3N)[nH]c2c1. The van der Waals surface area contributed by atoms with Crippen LogP contribution in [0, 0.1) is 12.8 Å². The predicted molar refractivity (Wildman–Crippen MR) is 87.6 cm³/mol. The number of fused-ring (bicyclic) bond motifs is 1. The zero-order valence-electron chi connectivity index (χ0n) is 13.9. The van der Waals surface area contributed by atoms with Crippen molar-refractivity contribution in [3.63, 3.8) is 0 Å². The number of nitrogens with zero attached hydrogens (tertiary/aromatic N) is 1. The average molecular weight is 354 g/mol. The molecule has 2 atom stereocenters. The molecule has 0 saturated heterocycles. The fraction of sp³-hybridized carbons (Fsp3) is 0.529. The van der Waals surface area contributed by atoms with Crippen LogP contribution in [0.15, 0.2) is 12.1 Å². The van der Waals surface area contributed by atoms with E-state index < -0.39 is 11.7 Å². The minimum absolute atomic E-state index is 0.0487. The van der Waals surface area contributed by atoms with Gasteiger partial charge in [-0.3, -0.25) is 4.79 Å². The van der Waals surface area contributed by atoms with Gasteiger partial charge in [-0.2, -0.15) is 13.2 Å². The molecular weight excluding hydrogens is 333 g/mol. The predicted octanol–water partition coefficient (Wildman–Crippen LogP) is 3.02. The molecule has 1 fully saturated rings. The molecule has 1 aromatic heterocycles. The molecule has 4 N–H and O–H groups in total. The highest BCUT2D eigenvalue weighted by Crippen LogP contribution is 2.34. The Morgan fingerprint density at radius 3 is 2.76 bits per heavy atom. The van der Waals surface area contributed by atoms with E-state index in [1.807, 2.05) is 0 Å². The zero-order chi connectivity index (χ0) is 18.2. The molecule has 1 aromatic carbocycles. The van der Waals surface area contributed by atoms with Crippen molar-refractivity contribution in [1.29, 1.82) is 0 Å². The number of carbonyl (C=O) groups excluding carboxylic acids is 1. The van der Waals surface area contributed by atoms with Gasteiger partial charge in [-0.25, -0.2) is 4.98 Å². The van der Waals surface area contributed by atoms with Gasteiger partial charge in [0.2, 0.25) is 5.91 Å². The summed E-state index contributed by atoms with van der Waals surface area (Å²) >= 11 is 0. The fourth-order valence-corrected chi connectivity index (χ4v) is 3.40. The van der Waals surface area contributed by atoms with Crippen LogP contribution in [0.5, 0.6) is 0 Å². The number of carbonyl (C=O) groups is 1. The number of nitrogens with one attached hydrogen (secondary N) is 2. The maximum atomic E-state index is 13.2. The Kier molecular flexibility index (Phi) is 4.73. The van der Waals surface area contributed by atoms with Crippen molar-refractivity contribution in [3.05, 3.63) is 29.1 Å². The first-order valence-corrected chi connectivity index (χ1v) is 8.35. The highest BCUT2D eigenvalue weighted by Gasteiger charge is 2.34. The minimum Gasteiger partial charge on any atom is -0.349 e. The third-order valence-corrected chi connectivity index (χ3v) is 4.67. The summed E-state index contributed by atoms with van der Waals surface area (Å²) in [5, 5.41) is 2.74. The summed E-state index contributed by atoms with van der Waals surface area (Å²) in [7, 11) is 0. The maximum Gasteiger partial charge on any atom is 0.418 e. The van der Waals surface area contributed by atoms with E-state index in [1.165, 1.54) is 0 Å². The van der Waals surface area contributed by atoms with Crippen molar-refractivity contribution < 1.29 is 18.0 Å². The Morgan fingerprint density at radius 2 is 2.08 bits per heavy atom. The van der Waals surface area contributed by atoms with Crippen LogP contribution < -0.4 is 11.1 Å². The van der Waals surface area contributed by atoms with Gasteiger partial charge in [-0.15, -0.1) is 0 Å². The largest absolute Gasteiger partial charge is 0.418 e. The topological polar surface area (TPSA) is 83.8 Å². The third-order valence-electron chi connectivity index (χ3n) is 4.67. The second-order valence-corrected chi connectivity index (χ2v) is 6.66. The average Bonchev–Trinajstić information content (AvgIpc) is 2.93. The first-order chi connectivity index (χ1) is 11.8. The summed E-state index contributed by atoms with van der Waals surface area (Å²) < 4.78 is 39.5. The normalized spacial score (nSPS) is 21.5. The molecule has 0 aliphatic heterocycles. The maximum absolute atomic E-state index is 13.2. The van der Waals surface area contributed by atoms with Gasteiger partial charge < -0.3 is 16.0 Å². The number of rotatable bonds is 3. The van der Waals surface area contributed by atoms with E-state index in [0.29, 0.717) is 16.9 Å². The van der Waals surface area contributed by atoms with Crippen LogP contribution in [0.1, 0.15) is 42.6 Å². The number of alkyl halides is 3. The molecule has 5 nitrogen and oxygen atoms in total. The molecule has 1 amide bonds. The molecule has 8 heteroatoms. The molecule has 1 aliphatic rings. The van der Waals surface area contributed by atoms with Gasteiger partial charge >= 0.3 is 6.18 Å². The number of imidazole rings is 1. The van der Waals surface area contributed by atoms with Crippen LogP contribution in [-0.4, -0.2) is 21.9 Å². The minimum atomic E-state index is -4.48. The number of aryl methyl sites for hydroxylation is 1. The zero-order valence-corrected chi connectivity index (χ0v) is 13.9. The summed E-state index contributed by atoms with van der Waals surface area (Å²) in [6.07, 6.45) is -0.935. The van der Waals surface area contributed by atoms with Crippen LogP contribution in [0.25, 0.3) is 11.0 Å². The molecule has 1 aliphatic carbocycles. The van der Waals surface area contributed by atoms with Crippen molar-refractivity contribution in [3.8, 4) is 0 Å². The summed E-state index contributed by atoms with van der Waals surface area (Å²) in [6.45, 7) is 1.65. The van der Waals surface area contributed by atoms with Gasteiger partial charge in [0, 0.05) is 6.04 Å². The molecule has 0 radical (unpaired) electrons. The lowest BCUT2D eigenvalue weighted by atomic mass is 9.84. The Balaban J connectivity index is 1.77. The first-order valence-electron chi connectivity index (χ1n) is 8.35. The molecule has 136 valence electrons. The fourth-order valence-electron chi connectivity index (χ4n) is 3.40. The molecule has 1 saturated carbocycles. The van der Waals surface area contributed by atoms with Gasteiger partial charge in [-0.05, 0) is 37.5 Å². The molecule has 2 aromatic rings. The molecule has 0 spiro atoms. The van der Waals surface area contributed by atoms with Gasteiger partial charge in [-0.1, -0.05) is 12.8 Å². The second kappa shape index (κ2) is 6.67. The van der Waals surface area contributed by atoms with Crippen molar-refractivity contribution in [2.24, 2.45) is 11.7 Å². The van der Waals surface area contributed by atoms with Crippen LogP contribution in [0.3, 0.4) is 0 Å². The Labute approximate surface area is 143 Å². The molecule has 1 heterocycles. The van der Waals surface area contributed by atoms with Gasteiger partial charge in [0.15, 0.2) is 0 Å². The summed E-state index contributed by atoms with van der Waals surface area (Å²) in [5.74, 6) is -0.116. The highest BCUT2D eigenvalue weighted by molar-refractivity contribution is 5.81. The molecule has 3 rings (SSSR count). The summed E-state index contributed by atoms with van der Waals surface area (Å²) in [4.78, 5) is 19.2. The van der Waals surface area contributed by atoms with Gasteiger partial charge in [0.05, 0.1) is 23.5 Å². The summed E-state index contributed by atoms with van der Waals surface area (Å²) in [6, 6.07) is 2.52. The van der Waals surface area contributed by atoms with Crippen molar-refractivity contribution in [1.82, 2.24) is 15.3 Å². The number of aromatic nitrogens is 2. The monoisotopic (exact) mass is 354 g/mol. The molecular formula is C17H21F3N4O. The van der Waals surface area contributed by atoms with E-state index >= 15 is 0 Å². The Hall–Kier alpha value is -2.09. The Morgan fingerprint density at radius 1 is 1.36 bits per heavy atom. The second-order valence-electron chi connectivity index (χ2n) is 6.66. The molecule has 25 heavy (non-hydrogen) atoms. The van der Waals surface area contributed by atoms with E-state index in [1.54, 1.807) is 13.0 Å². The van der Waals surface area contributed by atoms with Crippen molar-refractivity contribution >= 4 is 16.9 Å². The van der Waals surface area contributed by atoms with Crippen molar-refractivity contribution in [2.45, 2.75) is 51.4 Å². The van der Waals surface area contributed by atoms with Crippen molar-refractivity contribution in [2.75, 3.05) is 0 Å². The van der Waals surface area contributed by atoms with Crippen LogP contribution >= 0.6 is 0 Å². The summed E-state index contributed by atoms with van der Waals surface area (Å²) in [5.41, 5.74) is 5.89. The van der Waals surface area contributed by atoms with E-state index in [0.717, 1.165) is 31.7 Å². The molecule has 0 bridgehead atoms. The number of H-pyrrole nitrogens is 1. The van der Waals surface area contributed by atoms with E-state index in [-0.39, 0.29) is 29.9 Å². The standard InChI is InChI=1S/C17H21F3N4O/c1-9-6-11(17(18,19)20)15-13(7-9)23-14(24-15)8-22-16(25)10-4-2-3-5-12(10)21/h6-7,10,12H,2-5,8,21H2,1H3,(H,22,25)(H,23,24)/t10-,12+/m0/s1.